The standard InChI is InChI=1S/C18H23N3O/c1-21-12-9-14(10-13-21)7-8-17(22)20-16-6-2-4-15-5-3-11-19-18(15)16/h2-6,11,14H,7-10,12-13H2,1H3,(H,20,22). The molecule has 1 amide bonds. The Morgan fingerprint density at radius 2 is 2.05 bits per heavy atom. The Kier molecular flexibility index (Phi) is 4.68. The molecule has 4 heteroatoms. The molecule has 0 unspecified atom stereocenters. The number of amides is 1. The summed E-state index contributed by atoms with van der Waals surface area (Å²) in [5.41, 5.74) is 1.67. The monoisotopic (exact) mass is 297 g/mol. The second-order valence-corrected chi connectivity index (χ2v) is 6.21. The van der Waals surface area contributed by atoms with Gasteiger partial charge in [-0.25, -0.2) is 0 Å². The summed E-state index contributed by atoms with van der Waals surface area (Å²) in [7, 11) is 2.16. The number of hydrogen-bond donors (Lipinski definition) is 1. The molecular weight excluding hydrogens is 274 g/mol. The molecule has 22 heavy (non-hydrogen) atoms. The fourth-order valence-electron chi connectivity index (χ4n) is 3.10. The molecule has 1 N–H and O–H groups in total. The van der Waals surface area contributed by atoms with Crippen molar-refractivity contribution in [1.29, 1.82) is 0 Å². The maximum absolute atomic E-state index is 12.2. The Morgan fingerprint density at radius 3 is 2.86 bits per heavy atom. The number of fused-ring (bicyclic) bond motifs is 1. The van der Waals surface area contributed by atoms with E-state index in [-0.39, 0.29) is 5.91 Å². The number of nitrogens with zero attached hydrogens (tertiary/aromatic N) is 2. The third-order valence-electron chi connectivity index (χ3n) is 4.52. The fourth-order valence-corrected chi connectivity index (χ4v) is 3.10. The van der Waals surface area contributed by atoms with Crippen molar-refractivity contribution >= 4 is 22.5 Å². The van der Waals surface area contributed by atoms with Crippen LogP contribution in [-0.2, 0) is 4.79 Å². The van der Waals surface area contributed by atoms with Gasteiger partial charge in [-0.2, -0.15) is 0 Å². The van der Waals surface area contributed by atoms with Crippen LogP contribution in [0, 0.1) is 5.92 Å². The second-order valence-electron chi connectivity index (χ2n) is 6.21. The van der Waals surface area contributed by atoms with E-state index < -0.39 is 0 Å². The van der Waals surface area contributed by atoms with E-state index in [1.54, 1.807) is 6.20 Å². The van der Waals surface area contributed by atoms with E-state index >= 15 is 0 Å². The van der Waals surface area contributed by atoms with E-state index in [1.807, 2.05) is 30.3 Å². The number of benzene rings is 1. The minimum Gasteiger partial charge on any atom is -0.324 e. The van der Waals surface area contributed by atoms with Crippen LogP contribution in [0.15, 0.2) is 36.5 Å². The molecule has 3 rings (SSSR count). The number of carbonyl (C=O) groups excluding carboxylic acids is 1. The van der Waals surface area contributed by atoms with Gasteiger partial charge < -0.3 is 10.2 Å². The summed E-state index contributed by atoms with van der Waals surface area (Å²) in [5.74, 6) is 0.782. The van der Waals surface area contributed by atoms with Gasteiger partial charge in [-0.05, 0) is 57.5 Å². The number of hydrogen-bond acceptors (Lipinski definition) is 3. The van der Waals surface area contributed by atoms with E-state index in [1.165, 1.54) is 12.8 Å². The highest BCUT2D eigenvalue weighted by Gasteiger charge is 2.17. The molecule has 1 aliphatic rings. The molecule has 0 bridgehead atoms. The van der Waals surface area contributed by atoms with Gasteiger partial charge in [-0.15, -0.1) is 0 Å². The number of anilines is 1. The van der Waals surface area contributed by atoms with E-state index in [4.69, 9.17) is 0 Å². The highest BCUT2D eigenvalue weighted by Crippen LogP contribution is 2.23. The quantitative estimate of drug-likeness (QED) is 0.942. The van der Waals surface area contributed by atoms with Crippen molar-refractivity contribution in [2.75, 3.05) is 25.5 Å². The molecule has 2 heterocycles. The van der Waals surface area contributed by atoms with Crippen molar-refractivity contribution in [3.63, 3.8) is 0 Å². The Bertz CT molecular complexity index is 642. The van der Waals surface area contributed by atoms with Crippen LogP contribution in [0.3, 0.4) is 0 Å². The predicted molar refractivity (Wildman–Crippen MR) is 89.8 cm³/mol. The van der Waals surface area contributed by atoms with Gasteiger partial charge in [0.2, 0.25) is 5.91 Å². The normalized spacial score (nSPS) is 16.8. The number of likely N-dealkylation sites (tertiary alicyclic amines) is 1. The fraction of sp³-hybridized carbons (Fsp3) is 0.444. The molecule has 1 fully saturated rings. The van der Waals surface area contributed by atoms with Gasteiger partial charge in [0, 0.05) is 18.0 Å². The van der Waals surface area contributed by atoms with Gasteiger partial charge >= 0.3 is 0 Å². The van der Waals surface area contributed by atoms with Gasteiger partial charge in [-0.3, -0.25) is 9.78 Å². The average Bonchev–Trinajstić information content (AvgIpc) is 2.55. The van der Waals surface area contributed by atoms with Crippen LogP contribution in [0.5, 0.6) is 0 Å². The molecule has 1 aromatic carbocycles. The molecule has 1 aromatic heterocycles. The van der Waals surface area contributed by atoms with Crippen molar-refractivity contribution in [2.45, 2.75) is 25.7 Å². The maximum Gasteiger partial charge on any atom is 0.224 e. The van der Waals surface area contributed by atoms with Crippen LogP contribution in [0.25, 0.3) is 10.9 Å². The van der Waals surface area contributed by atoms with E-state index in [2.05, 4.69) is 22.2 Å². The number of nitrogens with one attached hydrogen (secondary N) is 1. The summed E-state index contributed by atoms with van der Waals surface area (Å²) in [6, 6.07) is 9.81. The van der Waals surface area contributed by atoms with Gasteiger partial charge in [-0.1, -0.05) is 18.2 Å². The number of piperidine rings is 1. The van der Waals surface area contributed by atoms with Crippen molar-refractivity contribution in [2.24, 2.45) is 5.92 Å². The SMILES string of the molecule is CN1CCC(CCC(=O)Nc2cccc3cccnc23)CC1. The molecule has 2 aromatic rings. The number of carbonyl (C=O) groups is 1. The maximum atomic E-state index is 12.2. The van der Waals surface area contributed by atoms with Crippen molar-refractivity contribution in [3.8, 4) is 0 Å². The first kappa shape index (κ1) is 15.0. The van der Waals surface area contributed by atoms with Gasteiger partial charge in [0.15, 0.2) is 0 Å². The van der Waals surface area contributed by atoms with E-state index in [0.29, 0.717) is 12.3 Å². The Balaban J connectivity index is 1.57. The van der Waals surface area contributed by atoms with Crippen LogP contribution < -0.4 is 5.32 Å². The summed E-state index contributed by atoms with van der Waals surface area (Å²) >= 11 is 0. The van der Waals surface area contributed by atoms with Crippen LogP contribution in [0.1, 0.15) is 25.7 Å². The molecule has 4 nitrogen and oxygen atoms in total. The van der Waals surface area contributed by atoms with Gasteiger partial charge in [0.1, 0.15) is 0 Å². The summed E-state index contributed by atoms with van der Waals surface area (Å²) in [6.45, 7) is 2.30. The molecule has 116 valence electrons. The average molecular weight is 297 g/mol. The minimum absolute atomic E-state index is 0.0945. The summed E-state index contributed by atoms with van der Waals surface area (Å²) in [6.07, 6.45) is 5.76. The lowest BCUT2D eigenvalue weighted by Crippen LogP contribution is -2.30. The van der Waals surface area contributed by atoms with Gasteiger partial charge in [0.25, 0.3) is 0 Å². The van der Waals surface area contributed by atoms with Crippen molar-refractivity contribution < 1.29 is 4.79 Å². The van der Waals surface area contributed by atoms with Crippen LogP contribution in [0.4, 0.5) is 5.69 Å². The number of para-hydroxylation sites is 1. The zero-order chi connectivity index (χ0) is 15.4. The zero-order valence-electron chi connectivity index (χ0n) is 13.1. The zero-order valence-corrected chi connectivity index (χ0v) is 13.1. The number of rotatable bonds is 4. The Hall–Kier alpha value is -1.94. The number of pyridine rings is 1. The third kappa shape index (κ3) is 3.63. The predicted octanol–water partition coefficient (Wildman–Crippen LogP) is 3.30. The molecule has 0 saturated carbocycles. The van der Waals surface area contributed by atoms with Gasteiger partial charge in [0.05, 0.1) is 11.2 Å². The lowest BCUT2D eigenvalue weighted by atomic mass is 9.92. The van der Waals surface area contributed by atoms with Crippen LogP contribution in [0.2, 0.25) is 0 Å². The number of aromatic nitrogens is 1. The molecule has 0 radical (unpaired) electrons. The highest BCUT2D eigenvalue weighted by molar-refractivity contribution is 6.00. The molecule has 0 atom stereocenters. The summed E-state index contributed by atoms with van der Waals surface area (Å²) in [4.78, 5) is 18.9. The largest absolute Gasteiger partial charge is 0.324 e. The molecule has 0 aliphatic carbocycles. The van der Waals surface area contributed by atoms with Crippen LogP contribution >= 0.6 is 0 Å². The third-order valence-corrected chi connectivity index (χ3v) is 4.52. The molecular formula is C18H23N3O. The Morgan fingerprint density at radius 1 is 1.27 bits per heavy atom. The van der Waals surface area contributed by atoms with Crippen molar-refractivity contribution in [1.82, 2.24) is 9.88 Å². The first-order valence-corrected chi connectivity index (χ1v) is 8.04. The molecule has 1 aliphatic heterocycles. The molecule has 1 saturated heterocycles. The lowest BCUT2D eigenvalue weighted by molar-refractivity contribution is -0.116. The second kappa shape index (κ2) is 6.88. The summed E-state index contributed by atoms with van der Waals surface area (Å²) in [5, 5.41) is 4.07. The highest BCUT2D eigenvalue weighted by atomic mass is 16.1. The van der Waals surface area contributed by atoms with Crippen LogP contribution in [-0.4, -0.2) is 35.9 Å². The first-order chi connectivity index (χ1) is 10.7. The first-order valence-electron chi connectivity index (χ1n) is 8.04. The topological polar surface area (TPSA) is 45.2 Å². The smallest absolute Gasteiger partial charge is 0.224 e. The minimum atomic E-state index is 0.0945. The Labute approximate surface area is 131 Å². The van der Waals surface area contributed by atoms with E-state index in [0.717, 1.165) is 36.1 Å². The van der Waals surface area contributed by atoms with E-state index in [9.17, 15) is 4.79 Å². The lowest BCUT2D eigenvalue weighted by Gasteiger charge is -2.28. The molecule has 0 spiro atoms. The van der Waals surface area contributed by atoms with Crippen molar-refractivity contribution in [3.05, 3.63) is 36.5 Å². The summed E-state index contributed by atoms with van der Waals surface area (Å²) < 4.78 is 0.